The number of halogens is 2. The quantitative estimate of drug-likeness (QED) is 0.792. The first-order chi connectivity index (χ1) is 9.83. The number of hydrogen-bond acceptors (Lipinski definition) is 3. The highest BCUT2D eigenvalue weighted by Gasteiger charge is 2.11. The van der Waals surface area contributed by atoms with Crippen LogP contribution in [-0.2, 0) is 6.42 Å². The Bertz CT molecular complexity index is 743. The average Bonchev–Trinajstić information content (AvgIpc) is 2.85. The average molecular weight is 340 g/mol. The maximum atomic E-state index is 5.71. The smallest absolute Gasteiger partial charge is 0.120 e. The number of nitrogens with two attached hydrogens (primary N) is 1. The summed E-state index contributed by atoms with van der Waals surface area (Å²) in [7, 11) is 1.67. The lowest BCUT2D eigenvalue weighted by Gasteiger charge is -2.10. The molecule has 0 bridgehead atoms. The van der Waals surface area contributed by atoms with E-state index in [0.29, 0.717) is 6.54 Å². The van der Waals surface area contributed by atoms with Gasteiger partial charge in [-0.1, -0.05) is 18.2 Å². The van der Waals surface area contributed by atoms with Gasteiger partial charge in [-0.2, -0.15) is 0 Å². The summed E-state index contributed by atoms with van der Waals surface area (Å²) in [6.07, 6.45) is 0.742. The number of para-hydroxylation sites is 2. The van der Waals surface area contributed by atoms with Gasteiger partial charge in [-0.25, -0.2) is 4.98 Å². The molecular formula is C16H19Cl2N3O. The van der Waals surface area contributed by atoms with Crippen molar-refractivity contribution >= 4 is 35.8 Å². The number of benzene rings is 2. The van der Waals surface area contributed by atoms with Gasteiger partial charge >= 0.3 is 0 Å². The molecule has 0 unspecified atom stereocenters. The van der Waals surface area contributed by atoms with E-state index in [2.05, 4.69) is 21.7 Å². The lowest BCUT2D eigenvalue weighted by molar-refractivity contribution is 0.414. The third kappa shape index (κ3) is 3.35. The molecule has 0 aliphatic heterocycles. The van der Waals surface area contributed by atoms with Gasteiger partial charge in [-0.3, -0.25) is 4.57 Å². The number of methoxy groups -OCH3 is 1. The molecule has 22 heavy (non-hydrogen) atoms. The first-order valence-corrected chi connectivity index (χ1v) is 6.64. The minimum absolute atomic E-state index is 0. The number of aromatic nitrogens is 2. The Morgan fingerprint density at radius 3 is 2.59 bits per heavy atom. The molecule has 0 atom stereocenters. The fourth-order valence-corrected chi connectivity index (χ4v) is 2.41. The fourth-order valence-electron chi connectivity index (χ4n) is 2.41. The van der Waals surface area contributed by atoms with E-state index in [1.54, 1.807) is 7.11 Å². The largest absolute Gasteiger partial charge is 0.497 e. The van der Waals surface area contributed by atoms with Crippen molar-refractivity contribution in [1.82, 2.24) is 9.55 Å². The van der Waals surface area contributed by atoms with Gasteiger partial charge in [-0.05, 0) is 30.8 Å². The van der Waals surface area contributed by atoms with Crippen molar-refractivity contribution in [1.29, 1.82) is 0 Å². The minimum atomic E-state index is 0. The van der Waals surface area contributed by atoms with Gasteiger partial charge in [-0.15, -0.1) is 24.8 Å². The van der Waals surface area contributed by atoms with Crippen LogP contribution in [0.25, 0.3) is 16.7 Å². The molecule has 1 heterocycles. The zero-order valence-electron chi connectivity index (χ0n) is 12.2. The monoisotopic (exact) mass is 339 g/mol. The summed E-state index contributed by atoms with van der Waals surface area (Å²) in [5.41, 5.74) is 8.82. The number of nitrogens with zero attached hydrogens (tertiary/aromatic N) is 2. The van der Waals surface area contributed by atoms with Gasteiger partial charge in [0.1, 0.15) is 11.6 Å². The molecule has 6 heteroatoms. The molecule has 1 aromatic heterocycles. The Morgan fingerprint density at radius 2 is 1.86 bits per heavy atom. The zero-order valence-corrected chi connectivity index (χ0v) is 13.9. The molecule has 0 spiro atoms. The van der Waals surface area contributed by atoms with E-state index in [9.17, 15) is 0 Å². The Labute approximate surface area is 142 Å². The van der Waals surface area contributed by atoms with E-state index in [1.165, 1.54) is 0 Å². The van der Waals surface area contributed by atoms with Crippen LogP contribution in [0.1, 0.15) is 5.82 Å². The van der Waals surface area contributed by atoms with E-state index in [-0.39, 0.29) is 24.8 Å². The first-order valence-electron chi connectivity index (χ1n) is 6.64. The van der Waals surface area contributed by atoms with Crippen molar-refractivity contribution < 1.29 is 4.74 Å². The first kappa shape index (κ1) is 18.3. The van der Waals surface area contributed by atoms with Gasteiger partial charge in [0.2, 0.25) is 0 Å². The zero-order chi connectivity index (χ0) is 13.9. The molecule has 0 amide bonds. The van der Waals surface area contributed by atoms with E-state index in [0.717, 1.165) is 34.7 Å². The summed E-state index contributed by atoms with van der Waals surface area (Å²) in [5.74, 6) is 1.81. The summed E-state index contributed by atoms with van der Waals surface area (Å²) in [6.45, 7) is 0.577. The molecule has 0 aliphatic carbocycles. The minimum Gasteiger partial charge on any atom is -0.497 e. The second kappa shape index (κ2) is 8.03. The molecule has 0 saturated carbocycles. The molecular weight excluding hydrogens is 321 g/mol. The number of hydrogen-bond donors (Lipinski definition) is 1. The summed E-state index contributed by atoms with van der Waals surface area (Å²) < 4.78 is 7.45. The number of imidazole rings is 1. The van der Waals surface area contributed by atoms with Gasteiger partial charge < -0.3 is 10.5 Å². The third-order valence-electron chi connectivity index (χ3n) is 3.31. The molecule has 2 aromatic carbocycles. The van der Waals surface area contributed by atoms with Crippen LogP contribution in [0.5, 0.6) is 5.75 Å². The molecule has 0 fully saturated rings. The Kier molecular flexibility index (Phi) is 6.68. The maximum Gasteiger partial charge on any atom is 0.120 e. The van der Waals surface area contributed by atoms with Gasteiger partial charge in [0.25, 0.3) is 0 Å². The molecule has 118 valence electrons. The summed E-state index contributed by atoms with van der Waals surface area (Å²) in [6, 6.07) is 16.1. The van der Waals surface area contributed by atoms with Crippen LogP contribution in [-0.4, -0.2) is 23.2 Å². The molecule has 3 aromatic rings. The molecule has 0 radical (unpaired) electrons. The van der Waals surface area contributed by atoms with E-state index < -0.39 is 0 Å². The van der Waals surface area contributed by atoms with Gasteiger partial charge in [0.15, 0.2) is 0 Å². The highest BCUT2D eigenvalue weighted by molar-refractivity contribution is 5.85. The van der Waals surface area contributed by atoms with Crippen molar-refractivity contribution in [3.63, 3.8) is 0 Å². The lowest BCUT2D eigenvalue weighted by atomic mass is 10.2. The fraction of sp³-hybridized carbons (Fsp3) is 0.188. The van der Waals surface area contributed by atoms with Crippen LogP contribution in [0.4, 0.5) is 0 Å². The molecule has 2 N–H and O–H groups in total. The van der Waals surface area contributed by atoms with Crippen LogP contribution >= 0.6 is 24.8 Å². The standard InChI is InChI=1S/C16H17N3O.2ClH/c1-20-13-6-4-5-12(11-13)19-15-8-3-2-7-14(15)18-16(19)9-10-17;;/h2-8,11H,9-10,17H2,1H3;2*1H. The second-order valence-corrected chi connectivity index (χ2v) is 4.59. The predicted octanol–water partition coefficient (Wildman–Crippen LogP) is 3.38. The van der Waals surface area contributed by atoms with Crippen molar-refractivity contribution in [2.45, 2.75) is 6.42 Å². The summed E-state index contributed by atoms with van der Waals surface area (Å²) in [4.78, 5) is 4.68. The SMILES string of the molecule is COc1cccc(-n2c(CCN)nc3ccccc32)c1.Cl.Cl. The van der Waals surface area contributed by atoms with Crippen molar-refractivity contribution in [3.05, 3.63) is 54.4 Å². The molecule has 0 saturated heterocycles. The van der Waals surface area contributed by atoms with Crippen molar-refractivity contribution in [2.24, 2.45) is 5.73 Å². The molecule has 0 aliphatic rings. The molecule has 4 nitrogen and oxygen atoms in total. The number of ether oxygens (including phenoxy) is 1. The maximum absolute atomic E-state index is 5.71. The van der Waals surface area contributed by atoms with Crippen molar-refractivity contribution in [2.75, 3.05) is 13.7 Å². The third-order valence-corrected chi connectivity index (χ3v) is 3.31. The van der Waals surface area contributed by atoms with Crippen LogP contribution < -0.4 is 10.5 Å². The number of fused-ring (bicyclic) bond motifs is 1. The lowest BCUT2D eigenvalue weighted by Crippen LogP contribution is -2.09. The normalized spacial score (nSPS) is 9.91. The molecule has 3 rings (SSSR count). The highest BCUT2D eigenvalue weighted by atomic mass is 35.5. The van der Waals surface area contributed by atoms with Crippen LogP contribution in [0.3, 0.4) is 0 Å². The van der Waals surface area contributed by atoms with Crippen LogP contribution in [0.2, 0.25) is 0 Å². The van der Waals surface area contributed by atoms with E-state index in [4.69, 9.17) is 10.5 Å². The summed E-state index contributed by atoms with van der Waals surface area (Å²) in [5, 5.41) is 0. The van der Waals surface area contributed by atoms with Crippen LogP contribution in [0, 0.1) is 0 Å². The Morgan fingerprint density at radius 1 is 1.09 bits per heavy atom. The highest BCUT2D eigenvalue weighted by Crippen LogP contribution is 2.24. The predicted molar refractivity (Wildman–Crippen MR) is 94.9 cm³/mol. The summed E-state index contributed by atoms with van der Waals surface area (Å²) >= 11 is 0. The van der Waals surface area contributed by atoms with E-state index in [1.807, 2.05) is 36.4 Å². The Hall–Kier alpha value is -1.75. The van der Waals surface area contributed by atoms with Gasteiger partial charge in [0, 0.05) is 12.5 Å². The van der Waals surface area contributed by atoms with Gasteiger partial charge in [0.05, 0.1) is 23.8 Å². The topological polar surface area (TPSA) is 53.1 Å². The Balaban J connectivity index is 0.00000121. The number of rotatable bonds is 4. The second-order valence-electron chi connectivity index (χ2n) is 4.59. The van der Waals surface area contributed by atoms with Crippen molar-refractivity contribution in [3.8, 4) is 11.4 Å². The van der Waals surface area contributed by atoms with E-state index >= 15 is 0 Å². The van der Waals surface area contributed by atoms with Crippen LogP contribution in [0.15, 0.2) is 48.5 Å².